The van der Waals surface area contributed by atoms with Crippen LogP contribution in [0.5, 0.6) is 5.75 Å². The Hall–Kier alpha value is -2.81. The fourth-order valence-electron chi connectivity index (χ4n) is 4.39. The Morgan fingerprint density at radius 2 is 1.96 bits per heavy atom. The van der Waals surface area contributed by atoms with Crippen LogP contribution in [0.1, 0.15) is 32.8 Å². The molecule has 2 aromatic rings. The van der Waals surface area contributed by atoms with Crippen molar-refractivity contribution in [2.45, 2.75) is 38.3 Å². The van der Waals surface area contributed by atoms with E-state index in [9.17, 15) is 0 Å². The summed E-state index contributed by atoms with van der Waals surface area (Å²) in [5.74, 6) is 0.828. The molecule has 3 heteroatoms. The summed E-state index contributed by atoms with van der Waals surface area (Å²) in [6.07, 6.45) is 8.99. The van der Waals surface area contributed by atoms with Crippen molar-refractivity contribution in [2.24, 2.45) is 4.99 Å². The number of hydrogen-bond acceptors (Lipinski definition) is 3. The summed E-state index contributed by atoms with van der Waals surface area (Å²) in [5, 5.41) is 2.27. The Kier molecular flexibility index (Phi) is 3.99. The van der Waals surface area contributed by atoms with Crippen molar-refractivity contribution in [1.82, 2.24) is 0 Å². The number of anilines is 1. The van der Waals surface area contributed by atoms with Crippen molar-refractivity contribution < 1.29 is 4.74 Å². The molecule has 0 N–H and O–H groups in total. The summed E-state index contributed by atoms with van der Waals surface area (Å²) in [7, 11) is 2.09. The second kappa shape index (κ2) is 6.12. The van der Waals surface area contributed by atoms with Crippen LogP contribution in [0.3, 0.4) is 0 Å². The number of ether oxygens (including phenoxy) is 1. The summed E-state index contributed by atoms with van der Waals surface area (Å²) in [6.45, 7) is 10.3. The van der Waals surface area contributed by atoms with Crippen molar-refractivity contribution in [1.29, 1.82) is 0 Å². The van der Waals surface area contributed by atoms with E-state index in [-0.39, 0.29) is 5.41 Å². The highest BCUT2D eigenvalue weighted by Gasteiger charge is 2.58. The largest absolute Gasteiger partial charge is 0.459 e. The van der Waals surface area contributed by atoms with Crippen LogP contribution in [-0.2, 0) is 5.41 Å². The number of benzene rings is 2. The lowest BCUT2D eigenvalue weighted by Crippen LogP contribution is -2.61. The molecule has 2 aromatic carbocycles. The van der Waals surface area contributed by atoms with Gasteiger partial charge in [0, 0.05) is 18.0 Å². The molecule has 4 rings (SSSR count). The van der Waals surface area contributed by atoms with Gasteiger partial charge in [-0.1, -0.05) is 42.5 Å². The Balaban J connectivity index is 1.89. The number of para-hydroxylation sites is 1. The van der Waals surface area contributed by atoms with E-state index < -0.39 is 5.72 Å². The summed E-state index contributed by atoms with van der Waals surface area (Å²) in [5.41, 5.74) is 2.50. The highest BCUT2D eigenvalue weighted by atomic mass is 16.5. The lowest BCUT2D eigenvalue weighted by Gasteiger charge is -2.44. The second-order valence-corrected chi connectivity index (χ2v) is 7.69. The number of rotatable bonds is 2. The Morgan fingerprint density at radius 3 is 2.67 bits per heavy atom. The first-order valence-corrected chi connectivity index (χ1v) is 9.44. The standard InChI is InChI=1S/C24H26N2O/c1-6-8-11-17-14-15-21-22(18(17)7-2)25-16-24(27-21)23(3,4)19-12-9-10-13-20(19)26(24)5/h6-7,9-16H,1,8H2,2-5H3. The first-order chi connectivity index (χ1) is 13.0. The van der Waals surface area contributed by atoms with E-state index >= 15 is 0 Å². The van der Waals surface area contributed by atoms with Gasteiger partial charge in [-0.3, -0.25) is 4.99 Å². The van der Waals surface area contributed by atoms with Crippen LogP contribution in [0, 0.1) is 0 Å². The molecule has 27 heavy (non-hydrogen) atoms. The maximum Gasteiger partial charge on any atom is 0.228 e. The van der Waals surface area contributed by atoms with E-state index in [1.54, 1.807) is 0 Å². The Morgan fingerprint density at radius 1 is 1.19 bits per heavy atom. The molecule has 2 heterocycles. The molecule has 0 radical (unpaired) electrons. The molecule has 3 nitrogen and oxygen atoms in total. The van der Waals surface area contributed by atoms with Crippen LogP contribution >= 0.6 is 0 Å². The van der Waals surface area contributed by atoms with Crippen molar-refractivity contribution in [3.05, 3.63) is 65.1 Å². The molecule has 2 aliphatic heterocycles. The third-order valence-electron chi connectivity index (χ3n) is 5.97. The molecule has 1 spiro atoms. The molecule has 0 aliphatic carbocycles. The zero-order valence-electron chi connectivity index (χ0n) is 16.5. The quantitative estimate of drug-likeness (QED) is 0.756. The molecular formula is C24H26N2O. The number of nitrogens with zero attached hydrogens (tertiary/aromatic N) is 2. The maximum absolute atomic E-state index is 6.71. The molecule has 0 bridgehead atoms. The van der Waals surface area contributed by atoms with Gasteiger partial charge in [0.1, 0.15) is 11.4 Å². The summed E-state index contributed by atoms with van der Waals surface area (Å²) >= 11 is 0. The van der Waals surface area contributed by atoms with Gasteiger partial charge in [-0.25, -0.2) is 0 Å². The van der Waals surface area contributed by atoms with Gasteiger partial charge >= 0.3 is 0 Å². The lowest BCUT2D eigenvalue weighted by atomic mass is 9.77. The minimum absolute atomic E-state index is 0.233. The molecule has 138 valence electrons. The van der Waals surface area contributed by atoms with Crippen molar-refractivity contribution in [3.8, 4) is 5.75 Å². The van der Waals surface area contributed by atoms with Gasteiger partial charge < -0.3 is 9.64 Å². The van der Waals surface area contributed by atoms with E-state index in [0.717, 1.165) is 28.3 Å². The monoisotopic (exact) mass is 358 g/mol. The van der Waals surface area contributed by atoms with Gasteiger partial charge in [-0.05, 0) is 50.1 Å². The third kappa shape index (κ3) is 2.31. The molecule has 0 fully saturated rings. The van der Waals surface area contributed by atoms with E-state index in [4.69, 9.17) is 9.73 Å². The summed E-state index contributed by atoms with van der Waals surface area (Å²) < 4.78 is 6.71. The van der Waals surface area contributed by atoms with Crippen LogP contribution < -0.4 is 20.1 Å². The van der Waals surface area contributed by atoms with Crippen LogP contribution in [0.25, 0.3) is 12.2 Å². The normalized spacial score (nSPS) is 23.3. The van der Waals surface area contributed by atoms with Gasteiger partial charge in [0.05, 0.1) is 11.6 Å². The number of aliphatic imine (C=N–C) groups is 1. The van der Waals surface area contributed by atoms with Gasteiger partial charge in [-0.15, -0.1) is 6.58 Å². The summed E-state index contributed by atoms with van der Waals surface area (Å²) in [6, 6.07) is 12.7. The summed E-state index contributed by atoms with van der Waals surface area (Å²) in [4.78, 5) is 7.14. The molecule has 0 amide bonds. The zero-order chi connectivity index (χ0) is 19.2. The van der Waals surface area contributed by atoms with E-state index in [1.165, 1.54) is 11.3 Å². The topological polar surface area (TPSA) is 24.8 Å². The van der Waals surface area contributed by atoms with E-state index in [2.05, 4.69) is 74.9 Å². The van der Waals surface area contributed by atoms with E-state index in [0.29, 0.717) is 0 Å². The van der Waals surface area contributed by atoms with Crippen molar-refractivity contribution in [3.63, 3.8) is 0 Å². The predicted octanol–water partition coefficient (Wildman–Crippen LogP) is 4.06. The fourth-order valence-corrected chi connectivity index (χ4v) is 4.39. The smallest absolute Gasteiger partial charge is 0.228 e. The molecule has 0 aromatic heterocycles. The van der Waals surface area contributed by atoms with Crippen LogP contribution in [0.4, 0.5) is 11.4 Å². The van der Waals surface area contributed by atoms with Gasteiger partial charge in [-0.2, -0.15) is 0 Å². The molecule has 0 saturated heterocycles. The van der Waals surface area contributed by atoms with Gasteiger partial charge in [0.2, 0.25) is 5.72 Å². The lowest BCUT2D eigenvalue weighted by molar-refractivity contribution is 0.0823. The Labute approximate surface area is 161 Å². The molecular weight excluding hydrogens is 332 g/mol. The number of fused-ring (bicyclic) bond motifs is 2. The minimum Gasteiger partial charge on any atom is -0.459 e. The highest BCUT2D eigenvalue weighted by molar-refractivity contribution is 5.88. The number of hydrogen-bond donors (Lipinski definition) is 0. The van der Waals surface area contributed by atoms with Crippen LogP contribution in [0.2, 0.25) is 0 Å². The first kappa shape index (κ1) is 17.6. The average Bonchev–Trinajstić information content (AvgIpc) is 2.84. The minimum atomic E-state index is -0.638. The molecule has 1 unspecified atom stereocenters. The first-order valence-electron chi connectivity index (χ1n) is 9.44. The maximum atomic E-state index is 6.71. The zero-order valence-corrected chi connectivity index (χ0v) is 16.5. The predicted molar refractivity (Wildman–Crippen MR) is 114 cm³/mol. The SMILES string of the molecule is C=CCC=c1ccc2c(c1=CC)N=CC1(O2)N(C)c2ccccc2C1(C)C. The number of allylic oxidation sites excluding steroid dienone is 1. The van der Waals surface area contributed by atoms with Crippen molar-refractivity contribution >= 4 is 29.7 Å². The molecule has 1 atom stereocenters. The fraction of sp³-hybridized carbons (Fsp3) is 0.292. The Bertz CT molecular complexity index is 1060. The van der Waals surface area contributed by atoms with Crippen molar-refractivity contribution in [2.75, 3.05) is 11.9 Å². The van der Waals surface area contributed by atoms with Gasteiger partial charge in [0.25, 0.3) is 0 Å². The third-order valence-corrected chi connectivity index (χ3v) is 5.97. The average molecular weight is 358 g/mol. The van der Waals surface area contributed by atoms with Gasteiger partial charge in [0.15, 0.2) is 0 Å². The number of likely N-dealkylation sites (N-methyl/N-ethyl adjacent to an activating group) is 1. The molecule has 0 saturated carbocycles. The van der Waals surface area contributed by atoms with E-state index in [1.807, 2.05) is 25.3 Å². The van der Waals surface area contributed by atoms with Crippen LogP contribution in [0.15, 0.2) is 54.0 Å². The highest BCUT2D eigenvalue weighted by Crippen LogP contribution is 2.52. The second-order valence-electron chi connectivity index (χ2n) is 7.69. The van der Waals surface area contributed by atoms with Crippen LogP contribution in [-0.4, -0.2) is 19.0 Å². The molecule has 2 aliphatic rings.